The molecular formula is C46H54O9. The van der Waals surface area contributed by atoms with Gasteiger partial charge in [0.2, 0.25) is 0 Å². The summed E-state index contributed by atoms with van der Waals surface area (Å²) in [5, 5.41) is 0. The second kappa shape index (κ2) is 22.8. The average molecular weight is 751 g/mol. The molecule has 0 radical (unpaired) electrons. The molecule has 0 aliphatic rings. The Morgan fingerprint density at radius 2 is 0.945 bits per heavy atom. The molecule has 9 heteroatoms. The van der Waals surface area contributed by atoms with Gasteiger partial charge in [-0.3, -0.25) is 19.2 Å². The minimum atomic E-state index is -0.277. The molecule has 0 heterocycles. The van der Waals surface area contributed by atoms with Gasteiger partial charge in [-0.15, -0.1) is 0 Å². The summed E-state index contributed by atoms with van der Waals surface area (Å²) >= 11 is 0. The van der Waals surface area contributed by atoms with Gasteiger partial charge < -0.3 is 23.7 Å². The molecule has 0 saturated heterocycles. The van der Waals surface area contributed by atoms with Crippen LogP contribution < -0.4 is 9.47 Å². The quantitative estimate of drug-likeness (QED) is 0.0393. The van der Waals surface area contributed by atoms with Crippen LogP contribution in [0, 0.1) is 0 Å². The molecule has 4 rings (SSSR count). The Morgan fingerprint density at radius 1 is 0.509 bits per heavy atom. The summed E-state index contributed by atoms with van der Waals surface area (Å²) in [4.78, 5) is 50.2. The number of hydrogen-bond acceptors (Lipinski definition) is 9. The minimum Gasteiger partial charge on any atom is -0.496 e. The van der Waals surface area contributed by atoms with E-state index in [9.17, 15) is 19.2 Å². The fourth-order valence-corrected chi connectivity index (χ4v) is 6.39. The molecule has 4 aromatic carbocycles. The fraction of sp³-hybridized carbons (Fsp3) is 0.391. The van der Waals surface area contributed by atoms with E-state index in [0.29, 0.717) is 61.9 Å². The van der Waals surface area contributed by atoms with Crippen LogP contribution in [0.2, 0.25) is 0 Å². The molecule has 0 aliphatic carbocycles. The van der Waals surface area contributed by atoms with E-state index in [4.69, 9.17) is 23.7 Å². The number of ketones is 2. The molecule has 0 aliphatic heterocycles. The van der Waals surface area contributed by atoms with Gasteiger partial charge in [0.15, 0.2) is 11.6 Å². The summed E-state index contributed by atoms with van der Waals surface area (Å²) in [5.74, 6) is 0.919. The van der Waals surface area contributed by atoms with Crippen LogP contribution in [0.3, 0.4) is 0 Å². The zero-order chi connectivity index (χ0) is 39.4. The Hall–Kier alpha value is -5.28. The highest BCUT2D eigenvalue weighted by Crippen LogP contribution is 2.33. The number of benzene rings is 4. The first kappa shape index (κ1) is 42.5. The molecule has 0 amide bonds. The molecule has 0 spiro atoms. The van der Waals surface area contributed by atoms with Gasteiger partial charge in [-0.1, -0.05) is 61.4 Å². The lowest BCUT2D eigenvalue weighted by atomic mass is 9.96. The van der Waals surface area contributed by atoms with Crippen LogP contribution in [-0.2, 0) is 36.6 Å². The minimum absolute atomic E-state index is 0.0770. The third-order valence-electron chi connectivity index (χ3n) is 9.21. The molecule has 0 bridgehead atoms. The van der Waals surface area contributed by atoms with Crippen molar-refractivity contribution >= 4 is 23.5 Å². The van der Waals surface area contributed by atoms with Crippen molar-refractivity contribution in [1.29, 1.82) is 0 Å². The summed E-state index contributed by atoms with van der Waals surface area (Å²) < 4.78 is 27.2. The van der Waals surface area contributed by atoms with Crippen molar-refractivity contribution < 1.29 is 42.9 Å². The molecule has 0 saturated carbocycles. The van der Waals surface area contributed by atoms with E-state index in [0.717, 1.165) is 71.9 Å². The fourth-order valence-electron chi connectivity index (χ4n) is 6.39. The highest BCUT2D eigenvalue weighted by atomic mass is 16.5. The Bertz CT molecular complexity index is 1740. The van der Waals surface area contributed by atoms with Crippen LogP contribution in [0.25, 0.3) is 22.3 Å². The lowest BCUT2D eigenvalue weighted by molar-refractivity contribution is -0.143. The molecule has 0 aromatic heterocycles. The van der Waals surface area contributed by atoms with Crippen LogP contribution in [0.4, 0.5) is 0 Å². The van der Waals surface area contributed by atoms with Gasteiger partial charge in [0.25, 0.3) is 0 Å². The zero-order valence-corrected chi connectivity index (χ0v) is 32.7. The molecule has 4 aromatic rings. The number of esters is 2. The Balaban J connectivity index is 1.14. The van der Waals surface area contributed by atoms with E-state index in [2.05, 4.69) is 0 Å². The zero-order valence-electron chi connectivity index (χ0n) is 32.7. The SMILES string of the molecule is CCOC(=O)Cc1cccc(-c2cc(C(=O)CCCCCOCCCCCC(=O)c3ccc(OC)c(-c4cccc(CC(=O)OCC)c4)c3)ccc2OC)c1. The maximum atomic E-state index is 13.1. The van der Waals surface area contributed by atoms with Gasteiger partial charge >= 0.3 is 11.9 Å². The monoisotopic (exact) mass is 750 g/mol. The Labute approximate surface area is 325 Å². The lowest BCUT2D eigenvalue weighted by Crippen LogP contribution is -2.07. The van der Waals surface area contributed by atoms with Gasteiger partial charge in [0, 0.05) is 48.3 Å². The van der Waals surface area contributed by atoms with Gasteiger partial charge in [-0.25, -0.2) is 0 Å². The van der Waals surface area contributed by atoms with E-state index >= 15 is 0 Å². The van der Waals surface area contributed by atoms with Crippen LogP contribution in [0.1, 0.15) is 97.1 Å². The molecule has 292 valence electrons. The normalized spacial score (nSPS) is 10.8. The van der Waals surface area contributed by atoms with E-state index in [1.165, 1.54) is 0 Å². The molecule has 0 N–H and O–H groups in total. The number of hydrogen-bond donors (Lipinski definition) is 0. The van der Waals surface area contributed by atoms with Crippen LogP contribution >= 0.6 is 0 Å². The second-order valence-corrected chi connectivity index (χ2v) is 13.3. The average Bonchev–Trinajstić information content (AvgIpc) is 3.19. The van der Waals surface area contributed by atoms with Crippen molar-refractivity contribution in [1.82, 2.24) is 0 Å². The van der Waals surface area contributed by atoms with E-state index in [1.54, 1.807) is 40.2 Å². The summed E-state index contributed by atoms with van der Waals surface area (Å²) in [5.41, 5.74) is 6.28. The molecular weight excluding hydrogens is 696 g/mol. The van der Waals surface area contributed by atoms with Crippen LogP contribution in [-0.4, -0.2) is 64.2 Å². The third-order valence-corrected chi connectivity index (χ3v) is 9.21. The van der Waals surface area contributed by atoms with Crippen molar-refractivity contribution in [2.45, 2.75) is 78.1 Å². The smallest absolute Gasteiger partial charge is 0.310 e. The largest absolute Gasteiger partial charge is 0.496 e. The first-order chi connectivity index (χ1) is 26.8. The predicted molar refractivity (Wildman–Crippen MR) is 214 cm³/mol. The standard InChI is InChI=1S/C46H54O9/c1-5-54-45(49)29-33-15-13-17-35(27-33)39-31-37(21-23-43(39)51-3)41(47)19-9-7-11-25-53-26-12-8-10-20-42(48)38-22-24-44(52-4)40(32-38)36-18-14-16-34(28-36)30-46(50)55-6-2/h13-18,21-24,27-28,31-32H,5-12,19-20,25-26,29-30H2,1-4H3. The maximum absolute atomic E-state index is 13.1. The summed E-state index contributed by atoms with van der Waals surface area (Å²) in [6.45, 7) is 5.52. The van der Waals surface area contributed by atoms with Crippen molar-refractivity contribution in [3.8, 4) is 33.8 Å². The van der Waals surface area contributed by atoms with Gasteiger partial charge in [0.05, 0.1) is 40.3 Å². The van der Waals surface area contributed by atoms with Crippen molar-refractivity contribution in [2.75, 3.05) is 40.6 Å². The molecule has 0 fully saturated rings. The molecule has 9 nitrogen and oxygen atoms in total. The molecule has 55 heavy (non-hydrogen) atoms. The van der Waals surface area contributed by atoms with E-state index < -0.39 is 0 Å². The summed E-state index contributed by atoms with van der Waals surface area (Å²) in [6, 6.07) is 26.3. The van der Waals surface area contributed by atoms with Crippen molar-refractivity contribution in [3.63, 3.8) is 0 Å². The Morgan fingerprint density at radius 3 is 1.35 bits per heavy atom. The van der Waals surface area contributed by atoms with Crippen LogP contribution in [0.15, 0.2) is 84.9 Å². The summed E-state index contributed by atoms with van der Waals surface area (Å²) in [6.07, 6.45) is 6.31. The number of carbonyl (C=O) groups is 4. The number of ether oxygens (including phenoxy) is 5. The van der Waals surface area contributed by atoms with Crippen LogP contribution in [0.5, 0.6) is 11.5 Å². The maximum Gasteiger partial charge on any atom is 0.310 e. The number of methoxy groups -OCH3 is 2. The Kier molecular flexibility index (Phi) is 17.6. The summed E-state index contributed by atoms with van der Waals surface area (Å²) in [7, 11) is 3.20. The first-order valence-corrected chi connectivity index (χ1v) is 19.3. The predicted octanol–water partition coefficient (Wildman–Crippen LogP) is 9.45. The third kappa shape index (κ3) is 13.5. The number of carbonyl (C=O) groups excluding carboxylic acids is 4. The number of rotatable bonds is 24. The number of unbranched alkanes of at least 4 members (excludes halogenated alkanes) is 4. The molecule has 0 unspecified atom stereocenters. The van der Waals surface area contributed by atoms with Crippen molar-refractivity contribution in [3.05, 3.63) is 107 Å². The van der Waals surface area contributed by atoms with Gasteiger partial charge in [-0.05, 0) is 98.2 Å². The van der Waals surface area contributed by atoms with Crippen molar-refractivity contribution in [2.24, 2.45) is 0 Å². The van der Waals surface area contributed by atoms with E-state index in [-0.39, 0.29) is 36.3 Å². The first-order valence-electron chi connectivity index (χ1n) is 19.3. The highest BCUT2D eigenvalue weighted by molar-refractivity contribution is 5.98. The number of Topliss-reactive ketones (excluding diaryl/α,β-unsaturated/α-hetero) is 2. The van der Waals surface area contributed by atoms with Gasteiger partial charge in [-0.2, -0.15) is 0 Å². The molecule has 0 atom stereocenters. The van der Waals surface area contributed by atoms with Gasteiger partial charge in [0.1, 0.15) is 11.5 Å². The lowest BCUT2D eigenvalue weighted by Gasteiger charge is -2.12. The van der Waals surface area contributed by atoms with E-state index in [1.807, 2.05) is 72.8 Å². The second-order valence-electron chi connectivity index (χ2n) is 13.3. The highest BCUT2D eigenvalue weighted by Gasteiger charge is 2.15. The topological polar surface area (TPSA) is 114 Å².